The predicted octanol–water partition coefficient (Wildman–Crippen LogP) is 2.76. The van der Waals surface area contributed by atoms with Crippen molar-refractivity contribution in [2.24, 2.45) is 0 Å². The van der Waals surface area contributed by atoms with Crippen molar-refractivity contribution in [1.29, 1.82) is 0 Å². The molecule has 1 heterocycles. The Morgan fingerprint density at radius 2 is 1.92 bits per heavy atom. The van der Waals surface area contributed by atoms with Gasteiger partial charge in [-0.15, -0.1) is 10.2 Å². The van der Waals surface area contributed by atoms with Crippen LogP contribution in [0.25, 0.3) is 0 Å². The highest BCUT2D eigenvalue weighted by Crippen LogP contribution is 2.28. The first kappa shape index (κ1) is 19.0. The quantitative estimate of drug-likeness (QED) is 0.772. The van der Waals surface area contributed by atoms with Crippen molar-refractivity contribution in [2.75, 3.05) is 12.4 Å². The molecule has 0 unspecified atom stereocenters. The molecular weight excluding hydrogens is 416 g/mol. The summed E-state index contributed by atoms with van der Waals surface area (Å²) in [4.78, 5) is 12.4. The van der Waals surface area contributed by atoms with Crippen LogP contribution >= 0.6 is 27.3 Å². The van der Waals surface area contributed by atoms with Crippen molar-refractivity contribution in [3.63, 3.8) is 0 Å². The molecule has 0 aliphatic rings. The van der Waals surface area contributed by atoms with E-state index in [0.29, 0.717) is 9.60 Å². The molecular formula is C14H17BrN4O3S2. The first-order valence-electron chi connectivity index (χ1n) is 6.93. The fourth-order valence-corrected chi connectivity index (χ4v) is 3.68. The second-order valence-electron chi connectivity index (χ2n) is 5.97. The topological polar surface area (TPSA) is 101 Å². The number of amides is 1. The number of hydrogen-bond donors (Lipinski definition) is 2. The average Bonchev–Trinajstić information content (AvgIpc) is 2.96. The molecule has 0 aliphatic heterocycles. The van der Waals surface area contributed by atoms with Crippen LogP contribution < -0.4 is 10.0 Å². The molecule has 0 saturated heterocycles. The van der Waals surface area contributed by atoms with Crippen LogP contribution in [-0.4, -0.2) is 31.6 Å². The number of hydrogen-bond acceptors (Lipinski definition) is 6. The zero-order chi connectivity index (χ0) is 18.1. The molecule has 0 spiro atoms. The molecule has 2 aromatic rings. The van der Waals surface area contributed by atoms with Gasteiger partial charge < -0.3 is 0 Å². The number of benzene rings is 1. The zero-order valence-electron chi connectivity index (χ0n) is 13.5. The Labute approximate surface area is 153 Å². The zero-order valence-corrected chi connectivity index (χ0v) is 16.8. The molecule has 7 nitrogen and oxygen atoms in total. The van der Waals surface area contributed by atoms with Crippen LogP contribution in [0.3, 0.4) is 0 Å². The summed E-state index contributed by atoms with van der Waals surface area (Å²) >= 11 is 4.54. The van der Waals surface area contributed by atoms with Crippen molar-refractivity contribution in [3.05, 3.63) is 33.2 Å². The number of sulfonamides is 1. The molecule has 0 aliphatic carbocycles. The number of nitrogens with one attached hydrogen (secondary N) is 2. The van der Waals surface area contributed by atoms with Gasteiger partial charge in [-0.2, -0.15) is 0 Å². The minimum absolute atomic E-state index is 0.00555. The summed E-state index contributed by atoms with van der Waals surface area (Å²) < 4.78 is 26.5. The molecule has 0 bridgehead atoms. The van der Waals surface area contributed by atoms with Crippen molar-refractivity contribution < 1.29 is 13.2 Å². The fourth-order valence-electron chi connectivity index (χ4n) is 1.70. The van der Waals surface area contributed by atoms with Crippen LogP contribution in [0.2, 0.25) is 0 Å². The number of carbonyl (C=O) groups is 1. The highest BCUT2D eigenvalue weighted by atomic mass is 79.9. The number of anilines is 1. The molecule has 2 rings (SSSR count). The standard InChI is InChI=1S/C14H17BrN4O3S2/c1-14(2,3)12-18-19-13(23-12)17-11(20)9-7-8(5-6-10(9)15)24(21,22)16-4/h5-7,16H,1-4H3,(H,17,19,20). The van der Waals surface area contributed by atoms with Gasteiger partial charge in [0.15, 0.2) is 0 Å². The number of nitrogens with zero attached hydrogens (tertiary/aromatic N) is 2. The Balaban J connectivity index is 2.30. The van der Waals surface area contributed by atoms with Crippen LogP contribution in [0.5, 0.6) is 0 Å². The minimum Gasteiger partial charge on any atom is -0.296 e. The van der Waals surface area contributed by atoms with Crippen molar-refractivity contribution in [2.45, 2.75) is 31.1 Å². The maximum atomic E-state index is 12.4. The van der Waals surface area contributed by atoms with Crippen LogP contribution in [0.15, 0.2) is 27.6 Å². The summed E-state index contributed by atoms with van der Waals surface area (Å²) in [5.74, 6) is -0.466. The van der Waals surface area contributed by atoms with E-state index in [0.717, 1.165) is 5.01 Å². The number of aromatic nitrogens is 2. The maximum absolute atomic E-state index is 12.4. The van der Waals surface area contributed by atoms with E-state index in [1.807, 2.05) is 20.8 Å². The molecule has 24 heavy (non-hydrogen) atoms. The lowest BCUT2D eigenvalue weighted by Crippen LogP contribution is -2.20. The lowest BCUT2D eigenvalue weighted by molar-refractivity contribution is 0.102. The van der Waals surface area contributed by atoms with Crippen LogP contribution in [0.1, 0.15) is 36.1 Å². The van der Waals surface area contributed by atoms with Gasteiger partial charge in [0.2, 0.25) is 15.2 Å². The normalized spacial score (nSPS) is 12.2. The van der Waals surface area contributed by atoms with Crippen molar-refractivity contribution >= 4 is 48.3 Å². The highest BCUT2D eigenvalue weighted by molar-refractivity contribution is 9.10. The SMILES string of the molecule is CNS(=O)(=O)c1ccc(Br)c(C(=O)Nc2nnc(C(C)(C)C)s2)c1. The molecule has 0 atom stereocenters. The van der Waals surface area contributed by atoms with Crippen LogP contribution in [-0.2, 0) is 15.4 Å². The largest absolute Gasteiger partial charge is 0.296 e. The molecule has 2 N–H and O–H groups in total. The van der Waals surface area contributed by atoms with Crippen LogP contribution in [0, 0.1) is 0 Å². The van der Waals surface area contributed by atoms with Gasteiger partial charge in [-0.05, 0) is 41.2 Å². The Morgan fingerprint density at radius 3 is 2.46 bits per heavy atom. The van der Waals surface area contributed by atoms with E-state index in [-0.39, 0.29) is 15.9 Å². The van der Waals surface area contributed by atoms with Gasteiger partial charge in [-0.3, -0.25) is 10.1 Å². The molecule has 1 amide bonds. The molecule has 1 aromatic carbocycles. The summed E-state index contributed by atoms with van der Waals surface area (Å²) in [5.41, 5.74) is 0.0287. The molecule has 10 heteroatoms. The average molecular weight is 433 g/mol. The molecule has 130 valence electrons. The van der Waals surface area contributed by atoms with E-state index < -0.39 is 15.9 Å². The number of halogens is 1. The second kappa shape index (κ2) is 6.87. The van der Waals surface area contributed by atoms with Gasteiger partial charge in [0.25, 0.3) is 5.91 Å². The monoisotopic (exact) mass is 432 g/mol. The summed E-state index contributed by atoms with van der Waals surface area (Å²) in [6.07, 6.45) is 0. The van der Waals surface area contributed by atoms with E-state index in [9.17, 15) is 13.2 Å². The van der Waals surface area contributed by atoms with Gasteiger partial charge >= 0.3 is 0 Å². The van der Waals surface area contributed by atoms with Gasteiger partial charge in [-0.1, -0.05) is 32.1 Å². The Hall–Kier alpha value is -1.36. The lowest BCUT2D eigenvalue weighted by Gasteiger charge is -2.12. The molecule has 1 aromatic heterocycles. The maximum Gasteiger partial charge on any atom is 0.258 e. The van der Waals surface area contributed by atoms with Crippen molar-refractivity contribution in [1.82, 2.24) is 14.9 Å². The first-order chi connectivity index (χ1) is 11.0. The molecule has 0 fully saturated rings. The number of rotatable bonds is 4. The predicted molar refractivity (Wildman–Crippen MR) is 96.9 cm³/mol. The van der Waals surface area contributed by atoms with Crippen molar-refractivity contribution in [3.8, 4) is 0 Å². The second-order valence-corrected chi connectivity index (χ2v) is 9.68. The molecule has 0 radical (unpaired) electrons. The first-order valence-corrected chi connectivity index (χ1v) is 10.0. The van der Waals surface area contributed by atoms with Gasteiger partial charge in [-0.25, -0.2) is 13.1 Å². The highest BCUT2D eigenvalue weighted by Gasteiger charge is 2.22. The summed E-state index contributed by atoms with van der Waals surface area (Å²) in [5, 5.41) is 11.8. The number of carbonyl (C=O) groups excluding carboxylic acids is 1. The third-order valence-corrected chi connectivity index (χ3v) is 6.42. The summed E-state index contributed by atoms with van der Waals surface area (Å²) in [6.45, 7) is 6.01. The van der Waals surface area contributed by atoms with Gasteiger partial charge in [0, 0.05) is 9.89 Å². The fraction of sp³-hybridized carbons (Fsp3) is 0.357. The third kappa shape index (κ3) is 4.18. The Kier molecular flexibility index (Phi) is 5.43. The van der Waals surface area contributed by atoms with Gasteiger partial charge in [0.05, 0.1) is 10.5 Å². The summed E-state index contributed by atoms with van der Waals surface area (Å²) in [7, 11) is -2.32. The lowest BCUT2D eigenvalue weighted by atomic mass is 9.98. The van der Waals surface area contributed by atoms with Gasteiger partial charge in [0.1, 0.15) is 5.01 Å². The summed E-state index contributed by atoms with van der Waals surface area (Å²) in [6, 6.07) is 4.23. The smallest absolute Gasteiger partial charge is 0.258 e. The Bertz CT molecular complexity index is 872. The minimum atomic E-state index is -3.64. The van der Waals surface area contributed by atoms with E-state index in [1.165, 1.54) is 36.6 Å². The van der Waals surface area contributed by atoms with E-state index in [4.69, 9.17) is 0 Å². The van der Waals surface area contributed by atoms with Crippen LogP contribution in [0.4, 0.5) is 5.13 Å². The molecule has 0 saturated carbocycles. The Morgan fingerprint density at radius 1 is 1.25 bits per heavy atom. The van der Waals surface area contributed by atoms with E-state index in [2.05, 4.69) is 36.2 Å². The van der Waals surface area contributed by atoms with E-state index in [1.54, 1.807) is 0 Å². The third-order valence-electron chi connectivity index (χ3n) is 3.05. The van der Waals surface area contributed by atoms with E-state index >= 15 is 0 Å².